The molecule has 0 amide bonds. The quantitative estimate of drug-likeness (QED) is 0.861. The monoisotopic (exact) mass is 274 g/mol. The molecule has 108 valence electrons. The van der Waals surface area contributed by atoms with Crippen LogP contribution < -0.4 is 5.73 Å². The lowest BCUT2D eigenvalue weighted by atomic mass is 9.89. The van der Waals surface area contributed by atoms with Crippen LogP contribution in [-0.2, 0) is 9.31 Å². The summed E-state index contributed by atoms with van der Waals surface area (Å²) in [5.74, 6) is 1.92. The molecule has 1 atom stereocenters. The largest absolute Gasteiger partial charge is 0.487 e. The second-order valence-corrected chi connectivity index (χ2v) is 6.32. The molecule has 1 saturated heterocycles. The molecule has 4 nitrogen and oxygen atoms in total. The molecule has 0 saturated carbocycles. The van der Waals surface area contributed by atoms with Gasteiger partial charge in [-0.15, -0.1) is 0 Å². The van der Waals surface area contributed by atoms with Gasteiger partial charge in [0.2, 0.25) is 0 Å². The van der Waals surface area contributed by atoms with Crippen LogP contribution in [0.2, 0.25) is 0 Å². The molecule has 0 radical (unpaired) electrons. The van der Waals surface area contributed by atoms with Crippen molar-refractivity contribution in [2.24, 2.45) is 5.73 Å². The van der Waals surface area contributed by atoms with E-state index >= 15 is 0 Å². The molecule has 1 aromatic rings. The lowest BCUT2D eigenvalue weighted by molar-refractivity contribution is 0.00578. The van der Waals surface area contributed by atoms with E-state index in [9.17, 15) is 0 Å². The number of hydrogen-bond acceptors (Lipinski definition) is 4. The Morgan fingerprint density at radius 2 is 1.80 bits per heavy atom. The Kier molecular flexibility index (Phi) is 4.05. The third-order valence-electron chi connectivity index (χ3n) is 4.02. The summed E-state index contributed by atoms with van der Waals surface area (Å²) in [6, 6.07) is 2.01. The van der Waals surface area contributed by atoms with Gasteiger partial charge in [-0.2, -0.15) is 0 Å². The van der Waals surface area contributed by atoms with Crippen LogP contribution >= 0.6 is 0 Å². The Balaban J connectivity index is 2.10. The first-order valence-corrected chi connectivity index (χ1v) is 6.96. The van der Waals surface area contributed by atoms with E-state index in [0.29, 0.717) is 0 Å². The number of pyridine rings is 1. The molecule has 0 aliphatic carbocycles. The average molecular weight is 274 g/mol. The van der Waals surface area contributed by atoms with Crippen molar-refractivity contribution >= 4 is 13.2 Å². The fourth-order valence-corrected chi connectivity index (χ4v) is 1.97. The first-order chi connectivity index (χ1) is 9.21. The van der Waals surface area contributed by atoms with Crippen molar-refractivity contribution < 1.29 is 9.31 Å². The maximum Gasteiger partial charge on any atom is 0.487 e. The van der Waals surface area contributed by atoms with Crippen LogP contribution in [0, 0.1) is 0 Å². The zero-order valence-electron chi connectivity index (χ0n) is 12.9. The molecule has 2 rings (SSSR count). The maximum atomic E-state index is 5.91. The van der Waals surface area contributed by atoms with Gasteiger partial charge in [0, 0.05) is 18.4 Å². The fraction of sp³-hybridized carbons (Fsp3) is 0.533. The number of hydrogen-bond donors (Lipinski definition) is 1. The van der Waals surface area contributed by atoms with E-state index in [1.54, 1.807) is 12.4 Å². The van der Waals surface area contributed by atoms with E-state index in [2.05, 4.69) is 4.98 Å². The number of aromatic nitrogens is 1. The summed E-state index contributed by atoms with van der Waals surface area (Å²) in [5, 5.41) is 0. The molecule has 0 spiro atoms. The average Bonchev–Trinajstić information content (AvgIpc) is 2.56. The topological polar surface area (TPSA) is 57.4 Å². The van der Waals surface area contributed by atoms with Crippen LogP contribution in [0.15, 0.2) is 24.4 Å². The molecule has 1 aliphatic heterocycles. The van der Waals surface area contributed by atoms with Gasteiger partial charge in [0.05, 0.1) is 11.2 Å². The van der Waals surface area contributed by atoms with Crippen LogP contribution in [0.3, 0.4) is 0 Å². The van der Waals surface area contributed by atoms with E-state index in [1.165, 1.54) is 0 Å². The molecule has 1 fully saturated rings. The van der Waals surface area contributed by atoms with E-state index in [-0.39, 0.29) is 24.4 Å². The Labute approximate surface area is 121 Å². The lowest BCUT2D eigenvalue weighted by Crippen LogP contribution is -2.41. The van der Waals surface area contributed by atoms with Gasteiger partial charge in [-0.25, -0.2) is 0 Å². The van der Waals surface area contributed by atoms with Gasteiger partial charge in [0.15, 0.2) is 0 Å². The molecule has 20 heavy (non-hydrogen) atoms. The van der Waals surface area contributed by atoms with E-state index in [0.717, 1.165) is 11.1 Å². The minimum absolute atomic E-state index is 0.0207. The first-order valence-electron chi connectivity index (χ1n) is 6.96. The highest BCUT2D eigenvalue weighted by Crippen LogP contribution is 2.37. The summed E-state index contributed by atoms with van der Waals surface area (Å²) in [7, 11) is -0.334. The Hall–Kier alpha value is -1.17. The maximum absolute atomic E-state index is 5.91. The van der Waals surface area contributed by atoms with E-state index < -0.39 is 0 Å². The standard InChI is InChI=1S/C15H23BN2O2/c1-11(17)13-8-12(9-18-10-13)6-7-16-19-14(2,3)15(4,5)20-16/h6-11H,17H2,1-5H3/b7-6+/t11-/m0/s1. The summed E-state index contributed by atoms with van der Waals surface area (Å²) in [5.41, 5.74) is 7.25. The van der Waals surface area contributed by atoms with Gasteiger partial charge in [0.1, 0.15) is 0 Å². The van der Waals surface area contributed by atoms with Gasteiger partial charge in [-0.3, -0.25) is 4.98 Å². The van der Waals surface area contributed by atoms with Crippen LogP contribution in [0.25, 0.3) is 6.08 Å². The summed E-state index contributed by atoms with van der Waals surface area (Å²) < 4.78 is 11.8. The summed E-state index contributed by atoms with van der Waals surface area (Å²) in [6.07, 6.45) is 5.55. The normalized spacial score (nSPS) is 22.4. The van der Waals surface area contributed by atoms with Crippen molar-refractivity contribution in [3.05, 3.63) is 35.6 Å². The smallest absolute Gasteiger partial charge is 0.400 e. The molecule has 0 unspecified atom stereocenters. The highest BCUT2D eigenvalue weighted by atomic mass is 16.7. The van der Waals surface area contributed by atoms with Crippen molar-refractivity contribution in [3.63, 3.8) is 0 Å². The highest BCUT2D eigenvalue weighted by Gasteiger charge is 2.49. The summed E-state index contributed by atoms with van der Waals surface area (Å²) in [6.45, 7) is 10.1. The Morgan fingerprint density at radius 1 is 1.20 bits per heavy atom. The predicted molar refractivity (Wildman–Crippen MR) is 82.0 cm³/mol. The van der Waals surface area contributed by atoms with Gasteiger partial charge in [-0.05, 0) is 51.8 Å². The molecular formula is C15H23BN2O2. The second-order valence-electron chi connectivity index (χ2n) is 6.32. The predicted octanol–water partition coefficient (Wildman–Crippen LogP) is 2.75. The van der Waals surface area contributed by atoms with Crippen LogP contribution in [0.1, 0.15) is 51.8 Å². The fourth-order valence-electron chi connectivity index (χ4n) is 1.97. The molecule has 5 heteroatoms. The minimum Gasteiger partial charge on any atom is -0.400 e. The first kappa shape index (κ1) is 15.2. The van der Waals surface area contributed by atoms with Crippen molar-refractivity contribution in [2.45, 2.75) is 51.9 Å². The summed E-state index contributed by atoms with van der Waals surface area (Å²) in [4.78, 5) is 4.20. The Morgan fingerprint density at radius 3 is 2.35 bits per heavy atom. The molecule has 1 aromatic heterocycles. The van der Waals surface area contributed by atoms with Gasteiger partial charge in [-0.1, -0.05) is 12.1 Å². The molecule has 0 aromatic carbocycles. The van der Waals surface area contributed by atoms with Gasteiger partial charge < -0.3 is 15.0 Å². The number of nitrogens with two attached hydrogens (primary N) is 1. The lowest BCUT2D eigenvalue weighted by Gasteiger charge is -2.32. The number of nitrogens with zero attached hydrogens (tertiary/aromatic N) is 1. The van der Waals surface area contributed by atoms with Crippen molar-refractivity contribution in [1.82, 2.24) is 4.98 Å². The highest BCUT2D eigenvalue weighted by molar-refractivity contribution is 6.52. The molecular weight excluding hydrogens is 251 g/mol. The van der Waals surface area contributed by atoms with Crippen molar-refractivity contribution in [3.8, 4) is 0 Å². The third kappa shape index (κ3) is 3.11. The van der Waals surface area contributed by atoms with Crippen LogP contribution in [0.4, 0.5) is 0 Å². The molecule has 2 N–H and O–H groups in total. The van der Waals surface area contributed by atoms with Gasteiger partial charge >= 0.3 is 7.12 Å². The third-order valence-corrected chi connectivity index (χ3v) is 4.02. The zero-order chi connectivity index (χ0) is 15.0. The molecule has 1 aliphatic rings. The van der Waals surface area contributed by atoms with Crippen LogP contribution in [0.5, 0.6) is 0 Å². The molecule has 2 heterocycles. The minimum atomic E-state index is -0.334. The van der Waals surface area contributed by atoms with E-state index in [4.69, 9.17) is 15.0 Å². The Bertz CT molecular complexity index is 496. The van der Waals surface area contributed by atoms with Crippen molar-refractivity contribution in [2.75, 3.05) is 0 Å². The summed E-state index contributed by atoms with van der Waals surface area (Å²) >= 11 is 0. The zero-order valence-corrected chi connectivity index (χ0v) is 12.9. The second kappa shape index (κ2) is 5.32. The van der Waals surface area contributed by atoms with Crippen molar-refractivity contribution in [1.29, 1.82) is 0 Å². The SMILES string of the molecule is C[C@H](N)c1cncc(/C=C/B2OC(C)(C)C(C)(C)O2)c1. The molecule has 0 bridgehead atoms. The van der Waals surface area contributed by atoms with Gasteiger partial charge in [0.25, 0.3) is 0 Å². The van der Waals surface area contributed by atoms with E-state index in [1.807, 2.05) is 52.7 Å². The van der Waals surface area contributed by atoms with Crippen LogP contribution in [-0.4, -0.2) is 23.3 Å². The number of rotatable bonds is 3.